The van der Waals surface area contributed by atoms with Gasteiger partial charge in [-0.1, -0.05) is 25.3 Å². The minimum absolute atomic E-state index is 0.194. The van der Waals surface area contributed by atoms with Gasteiger partial charge in [0.1, 0.15) is 12.2 Å². The average molecular weight is 450 g/mol. The van der Waals surface area contributed by atoms with Gasteiger partial charge in [0.25, 0.3) is 5.56 Å². The van der Waals surface area contributed by atoms with Gasteiger partial charge in [-0.15, -0.1) is 0 Å². The fourth-order valence-corrected chi connectivity index (χ4v) is 3.77. The molecule has 1 aromatic heterocycles. The smallest absolute Gasteiger partial charge is 0.259 e. The number of anilines is 1. The monoisotopic (exact) mass is 449 g/mol. The molecular formula is C24H31N7O2. The van der Waals surface area contributed by atoms with Crippen molar-refractivity contribution in [3.8, 4) is 11.1 Å². The van der Waals surface area contributed by atoms with Crippen molar-refractivity contribution in [1.82, 2.24) is 15.3 Å². The normalized spacial score (nSPS) is 14.2. The summed E-state index contributed by atoms with van der Waals surface area (Å²) in [5.41, 5.74) is 6.14. The van der Waals surface area contributed by atoms with E-state index in [1.807, 2.05) is 25.1 Å². The molecule has 0 aliphatic carbocycles. The molecule has 1 saturated heterocycles. The summed E-state index contributed by atoms with van der Waals surface area (Å²) < 4.78 is 6.90. The number of benzene rings is 1. The second-order valence-electron chi connectivity index (χ2n) is 7.91. The number of hydrogen-bond donors (Lipinski definition) is 5. The highest BCUT2D eigenvalue weighted by molar-refractivity contribution is 5.88. The van der Waals surface area contributed by atoms with E-state index in [4.69, 9.17) is 16.0 Å². The molecule has 1 aliphatic heterocycles. The Morgan fingerprint density at radius 1 is 1.27 bits per heavy atom. The van der Waals surface area contributed by atoms with Crippen molar-refractivity contribution in [1.29, 1.82) is 5.41 Å². The molecule has 6 N–H and O–H groups in total. The van der Waals surface area contributed by atoms with Crippen LogP contribution in [0, 0.1) is 12.3 Å². The van der Waals surface area contributed by atoms with Crippen molar-refractivity contribution in [3.63, 3.8) is 0 Å². The number of aromatic nitrogens is 1. The van der Waals surface area contributed by atoms with Crippen molar-refractivity contribution in [2.75, 3.05) is 18.5 Å². The molecule has 0 saturated carbocycles. The highest BCUT2D eigenvalue weighted by Gasteiger charge is 2.18. The summed E-state index contributed by atoms with van der Waals surface area (Å²) in [7, 11) is 1.68. The van der Waals surface area contributed by atoms with Gasteiger partial charge in [0.05, 0.1) is 11.5 Å². The number of hydrogen-bond acceptors (Lipinski definition) is 7. The summed E-state index contributed by atoms with van der Waals surface area (Å²) in [6.07, 6.45) is 4.35. The standard InChI is InChI=1S/C24H31N7O2/c1-15-5-6-18(16(2)27-14-28-26)11-21(15)22-12-19(13-25)23(31(4)24(22)32)30-17(3)29-20-7-9-33-10-8-20/h5-6,11-14,20,25,29-30H,2-3,7-10,26H2,1,4H3,(H,27,28). The summed E-state index contributed by atoms with van der Waals surface area (Å²) in [6.45, 7) is 11.4. The molecular weight excluding hydrogens is 418 g/mol. The van der Waals surface area contributed by atoms with E-state index in [-0.39, 0.29) is 11.6 Å². The molecule has 0 unspecified atom stereocenters. The van der Waals surface area contributed by atoms with E-state index in [0.29, 0.717) is 41.7 Å². The van der Waals surface area contributed by atoms with Gasteiger partial charge in [0, 0.05) is 49.2 Å². The topological polar surface area (TPSA) is 130 Å². The van der Waals surface area contributed by atoms with Crippen molar-refractivity contribution >= 4 is 24.1 Å². The predicted molar refractivity (Wildman–Crippen MR) is 134 cm³/mol. The third-order valence-electron chi connectivity index (χ3n) is 5.62. The molecule has 2 aromatic rings. The van der Waals surface area contributed by atoms with E-state index in [2.05, 4.69) is 34.2 Å². The Morgan fingerprint density at radius 2 is 2.00 bits per heavy atom. The van der Waals surface area contributed by atoms with Gasteiger partial charge in [-0.25, -0.2) is 10.8 Å². The molecule has 0 spiro atoms. The van der Waals surface area contributed by atoms with Crippen LogP contribution in [0.5, 0.6) is 0 Å². The van der Waals surface area contributed by atoms with E-state index in [0.717, 1.165) is 29.5 Å². The number of hydrazine groups is 1. The van der Waals surface area contributed by atoms with Crippen molar-refractivity contribution in [3.05, 3.63) is 70.3 Å². The van der Waals surface area contributed by atoms with Crippen molar-refractivity contribution < 1.29 is 4.74 Å². The van der Waals surface area contributed by atoms with Crippen LogP contribution in [0.3, 0.4) is 0 Å². The number of ether oxygens (including phenoxy) is 1. The van der Waals surface area contributed by atoms with Crippen LogP contribution < -0.4 is 27.5 Å². The highest BCUT2D eigenvalue weighted by Crippen LogP contribution is 2.27. The quantitative estimate of drug-likeness (QED) is 0.173. The van der Waals surface area contributed by atoms with E-state index in [9.17, 15) is 4.79 Å². The molecule has 1 aromatic carbocycles. The Hall–Kier alpha value is -3.69. The first-order valence-corrected chi connectivity index (χ1v) is 10.7. The van der Waals surface area contributed by atoms with Gasteiger partial charge in [0.15, 0.2) is 0 Å². The zero-order chi connectivity index (χ0) is 24.0. The van der Waals surface area contributed by atoms with E-state index in [1.165, 1.54) is 17.1 Å². The summed E-state index contributed by atoms with van der Waals surface area (Å²) in [5, 5.41) is 14.5. The van der Waals surface area contributed by atoms with E-state index >= 15 is 0 Å². The van der Waals surface area contributed by atoms with Crippen LogP contribution in [-0.2, 0) is 11.8 Å². The Balaban J connectivity index is 1.96. The van der Waals surface area contributed by atoms with Gasteiger partial charge in [-0.3, -0.25) is 9.36 Å². The molecule has 0 radical (unpaired) electrons. The summed E-state index contributed by atoms with van der Waals surface area (Å²) in [5.74, 6) is 6.32. The molecule has 0 atom stereocenters. The second-order valence-corrected chi connectivity index (χ2v) is 7.91. The third-order valence-corrected chi connectivity index (χ3v) is 5.62. The lowest BCUT2D eigenvalue weighted by Crippen LogP contribution is -2.36. The van der Waals surface area contributed by atoms with E-state index < -0.39 is 0 Å². The van der Waals surface area contributed by atoms with Gasteiger partial charge >= 0.3 is 0 Å². The third kappa shape index (κ3) is 5.57. The zero-order valence-electron chi connectivity index (χ0n) is 19.1. The lowest BCUT2D eigenvalue weighted by Gasteiger charge is -2.26. The van der Waals surface area contributed by atoms with Crippen molar-refractivity contribution in [2.45, 2.75) is 25.8 Å². The summed E-state index contributed by atoms with van der Waals surface area (Å²) in [4.78, 5) is 17.5. The number of rotatable bonds is 9. The Labute approximate surface area is 193 Å². The summed E-state index contributed by atoms with van der Waals surface area (Å²) >= 11 is 0. The number of nitrogens with two attached hydrogens (primary N) is 1. The van der Waals surface area contributed by atoms with Crippen molar-refractivity contribution in [2.24, 2.45) is 17.9 Å². The minimum Gasteiger partial charge on any atom is -0.381 e. The van der Waals surface area contributed by atoms with Crippen LogP contribution in [0.15, 0.2) is 53.0 Å². The Kier molecular flexibility index (Phi) is 7.81. The number of pyridine rings is 1. The molecule has 0 amide bonds. The van der Waals surface area contributed by atoms with Gasteiger partial charge in [0.2, 0.25) is 0 Å². The molecule has 9 nitrogen and oxygen atoms in total. The lowest BCUT2D eigenvalue weighted by molar-refractivity contribution is 0.0805. The molecule has 1 fully saturated rings. The highest BCUT2D eigenvalue weighted by atomic mass is 16.5. The van der Waals surface area contributed by atoms with Crippen LogP contribution in [0.2, 0.25) is 0 Å². The van der Waals surface area contributed by atoms with Crippen LogP contribution in [0.25, 0.3) is 16.8 Å². The van der Waals surface area contributed by atoms with Crippen LogP contribution in [-0.4, -0.2) is 36.4 Å². The second kappa shape index (κ2) is 10.8. The molecule has 9 heteroatoms. The fourth-order valence-electron chi connectivity index (χ4n) is 3.77. The maximum Gasteiger partial charge on any atom is 0.259 e. The minimum atomic E-state index is -0.194. The Bertz CT molecular complexity index is 1140. The number of nitrogens with one attached hydrogen (secondary N) is 4. The number of aryl methyl sites for hydroxylation is 1. The van der Waals surface area contributed by atoms with Gasteiger partial charge in [-0.2, -0.15) is 0 Å². The molecule has 2 heterocycles. The average Bonchev–Trinajstić information content (AvgIpc) is 2.82. The first-order chi connectivity index (χ1) is 15.8. The lowest BCUT2D eigenvalue weighted by atomic mass is 9.97. The maximum atomic E-state index is 13.3. The van der Waals surface area contributed by atoms with Crippen LogP contribution in [0.4, 0.5) is 5.82 Å². The molecule has 0 bridgehead atoms. The van der Waals surface area contributed by atoms with Gasteiger partial charge < -0.3 is 26.2 Å². The van der Waals surface area contributed by atoms with Gasteiger partial charge in [-0.05, 0) is 43.0 Å². The zero-order valence-corrected chi connectivity index (χ0v) is 19.1. The first-order valence-electron chi connectivity index (χ1n) is 10.7. The molecule has 1 aliphatic rings. The predicted octanol–water partition coefficient (Wildman–Crippen LogP) is 2.47. The molecule has 3 rings (SSSR count). The fraction of sp³-hybridized carbons (Fsp3) is 0.292. The van der Waals surface area contributed by atoms with E-state index in [1.54, 1.807) is 13.1 Å². The number of aliphatic imine (C=N–C) groups is 1. The van der Waals surface area contributed by atoms with Crippen LogP contribution >= 0.6 is 0 Å². The van der Waals surface area contributed by atoms with Crippen LogP contribution in [0.1, 0.15) is 29.5 Å². The summed E-state index contributed by atoms with van der Waals surface area (Å²) in [6, 6.07) is 7.65. The molecule has 33 heavy (non-hydrogen) atoms. The first kappa shape index (κ1) is 24.0. The largest absolute Gasteiger partial charge is 0.381 e. The number of nitrogens with zero attached hydrogens (tertiary/aromatic N) is 2. The maximum absolute atomic E-state index is 13.3. The SMILES string of the molecule is C=C(Nc1c(C=N)cc(-c2cc(C(=C)N=CNN)ccc2C)c(=O)n1C)NC1CCOCC1. The molecule has 174 valence electrons. The Morgan fingerprint density at radius 3 is 2.67 bits per heavy atom.